The largest absolute Gasteiger partial charge is 0.481 e. The molecule has 1 aromatic carbocycles. The average molecular weight is 291 g/mol. The van der Waals surface area contributed by atoms with Gasteiger partial charge in [0.25, 0.3) is 0 Å². The number of carbonyl (C=O) groups is 2. The molecule has 2 N–H and O–H groups in total. The number of benzene rings is 1. The molecule has 2 atom stereocenters. The second-order valence-electron chi connectivity index (χ2n) is 5.48. The fourth-order valence-electron chi connectivity index (χ4n) is 2.28. The maximum Gasteiger partial charge on any atom is 0.308 e. The highest BCUT2D eigenvalue weighted by Gasteiger charge is 2.17. The van der Waals surface area contributed by atoms with Crippen LogP contribution in [0.2, 0.25) is 0 Å². The molecule has 0 saturated heterocycles. The van der Waals surface area contributed by atoms with Crippen molar-refractivity contribution in [3.05, 3.63) is 35.9 Å². The van der Waals surface area contributed by atoms with Crippen molar-refractivity contribution in [3.63, 3.8) is 0 Å². The van der Waals surface area contributed by atoms with Crippen LogP contribution in [0.4, 0.5) is 0 Å². The number of rotatable bonds is 9. The molecule has 0 spiro atoms. The highest BCUT2D eigenvalue weighted by molar-refractivity contribution is 5.77. The van der Waals surface area contributed by atoms with E-state index in [4.69, 9.17) is 5.11 Å². The number of carbonyl (C=O) groups excluding carboxylic acids is 1. The van der Waals surface area contributed by atoms with Gasteiger partial charge < -0.3 is 10.4 Å². The van der Waals surface area contributed by atoms with E-state index in [-0.39, 0.29) is 12.5 Å². The number of aliphatic carboxylic acids is 1. The van der Waals surface area contributed by atoms with E-state index in [1.165, 1.54) is 5.56 Å². The van der Waals surface area contributed by atoms with Crippen molar-refractivity contribution in [2.75, 3.05) is 6.54 Å². The number of hydrogen-bond acceptors (Lipinski definition) is 2. The smallest absolute Gasteiger partial charge is 0.308 e. The first-order valence-electron chi connectivity index (χ1n) is 7.59. The summed E-state index contributed by atoms with van der Waals surface area (Å²) in [5.74, 6) is -1.07. The second-order valence-corrected chi connectivity index (χ2v) is 5.48. The number of hydrogen-bond donors (Lipinski definition) is 2. The van der Waals surface area contributed by atoms with E-state index in [0.29, 0.717) is 18.8 Å². The fourth-order valence-corrected chi connectivity index (χ4v) is 2.28. The lowest BCUT2D eigenvalue weighted by Gasteiger charge is -2.14. The molecule has 2 unspecified atom stereocenters. The van der Waals surface area contributed by atoms with Gasteiger partial charge >= 0.3 is 5.97 Å². The lowest BCUT2D eigenvalue weighted by Crippen LogP contribution is -2.32. The lowest BCUT2D eigenvalue weighted by atomic mass is 9.96. The van der Waals surface area contributed by atoms with E-state index in [1.54, 1.807) is 0 Å². The molecule has 0 aliphatic carbocycles. The van der Waals surface area contributed by atoms with Crippen LogP contribution in [0.25, 0.3) is 0 Å². The quantitative estimate of drug-likeness (QED) is 0.734. The van der Waals surface area contributed by atoms with Gasteiger partial charge in [-0.05, 0) is 24.3 Å². The van der Waals surface area contributed by atoms with Crippen molar-refractivity contribution >= 4 is 11.9 Å². The zero-order valence-corrected chi connectivity index (χ0v) is 12.8. The first-order valence-corrected chi connectivity index (χ1v) is 7.59. The number of carboxylic acid groups (broad SMARTS) is 1. The minimum absolute atomic E-state index is 0.0693. The van der Waals surface area contributed by atoms with Gasteiger partial charge in [0.1, 0.15) is 0 Å². The number of amides is 1. The van der Waals surface area contributed by atoms with Crippen molar-refractivity contribution in [1.82, 2.24) is 5.32 Å². The zero-order chi connectivity index (χ0) is 15.7. The molecule has 0 heterocycles. The summed E-state index contributed by atoms with van der Waals surface area (Å²) in [5, 5.41) is 11.8. The summed E-state index contributed by atoms with van der Waals surface area (Å²) in [5.41, 5.74) is 1.22. The normalized spacial score (nSPS) is 13.4. The van der Waals surface area contributed by atoms with Crippen LogP contribution < -0.4 is 5.32 Å². The van der Waals surface area contributed by atoms with Gasteiger partial charge in [0, 0.05) is 13.0 Å². The third-order valence-electron chi connectivity index (χ3n) is 3.71. The van der Waals surface area contributed by atoms with E-state index in [1.807, 2.05) is 25.1 Å². The average Bonchev–Trinajstić information content (AvgIpc) is 2.49. The Kier molecular flexibility index (Phi) is 7.51. The summed E-state index contributed by atoms with van der Waals surface area (Å²) in [4.78, 5) is 22.8. The predicted molar refractivity (Wildman–Crippen MR) is 83.1 cm³/mol. The third kappa shape index (κ3) is 6.43. The van der Waals surface area contributed by atoms with Gasteiger partial charge in [-0.2, -0.15) is 0 Å². The van der Waals surface area contributed by atoms with Gasteiger partial charge in [-0.1, -0.05) is 50.6 Å². The molecular formula is C17H25NO3. The van der Waals surface area contributed by atoms with Crippen molar-refractivity contribution in [2.45, 2.75) is 45.4 Å². The molecule has 0 aliphatic heterocycles. The van der Waals surface area contributed by atoms with Crippen LogP contribution in [-0.2, 0) is 9.59 Å². The van der Waals surface area contributed by atoms with E-state index >= 15 is 0 Å². The Morgan fingerprint density at radius 3 is 2.43 bits per heavy atom. The molecule has 0 saturated carbocycles. The Morgan fingerprint density at radius 2 is 1.86 bits per heavy atom. The summed E-state index contributed by atoms with van der Waals surface area (Å²) in [6, 6.07) is 10.1. The van der Waals surface area contributed by atoms with Crippen LogP contribution in [-0.4, -0.2) is 23.5 Å². The highest BCUT2D eigenvalue weighted by atomic mass is 16.4. The van der Waals surface area contributed by atoms with Crippen LogP contribution in [0.15, 0.2) is 30.3 Å². The zero-order valence-electron chi connectivity index (χ0n) is 12.8. The molecule has 21 heavy (non-hydrogen) atoms. The van der Waals surface area contributed by atoms with E-state index < -0.39 is 11.9 Å². The van der Waals surface area contributed by atoms with E-state index in [2.05, 4.69) is 24.4 Å². The molecule has 0 radical (unpaired) electrons. The van der Waals surface area contributed by atoms with Gasteiger partial charge in [-0.15, -0.1) is 0 Å². The number of nitrogens with one attached hydrogen (secondary N) is 1. The maximum atomic E-state index is 11.8. The topological polar surface area (TPSA) is 66.4 Å². The summed E-state index contributed by atoms with van der Waals surface area (Å²) in [7, 11) is 0. The number of carboxylic acids is 1. The van der Waals surface area contributed by atoms with Gasteiger partial charge in [0.2, 0.25) is 5.91 Å². The lowest BCUT2D eigenvalue weighted by molar-refractivity contribution is -0.141. The molecule has 0 bridgehead atoms. The molecule has 4 heteroatoms. The SMILES string of the molecule is CCCC(CNC(=O)CCC(C)c1ccccc1)C(=O)O. The van der Waals surface area contributed by atoms with Crippen LogP contribution in [0.1, 0.15) is 51.0 Å². The molecule has 0 aromatic heterocycles. The first-order chi connectivity index (χ1) is 10.0. The molecular weight excluding hydrogens is 266 g/mol. The van der Waals surface area contributed by atoms with Crippen molar-refractivity contribution in [1.29, 1.82) is 0 Å². The predicted octanol–water partition coefficient (Wildman–Crippen LogP) is 3.19. The minimum atomic E-state index is -0.838. The van der Waals surface area contributed by atoms with Crippen molar-refractivity contribution < 1.29 is 14.7 Å². The molecule has 0 fully saturated rings. The molecule has 116 valence electrons. The Labute approximate surface area is 126 Å². The standard InChI is InChI=1S/C17H25NO3/c1-3-7-15(17(20)21)12-18-16(19)11-10-13(2)14-8-5-4-6-9-14/h4-6,8-9,13,15H,3,7,10-12H2,1-2H3,(H,18,19)(H,20,21). The minimum Gasteiger partial charge on any atom is -0.481 e. The van der Waals surface area contributed by atoms with E-state index in [0.717, 1.165) is 12.8 Å². The first kappa shape index (κ1) is 17.2. The van der Waals surface area contributed by atoms with Crippen molar-refractivity contribution in [3.8, 4) is 0 Å². The molecule has 1 amide bonds. The van der Waals surface area contributed by atoms with Crippen molar-refractivity contribution in [2.24, 2.45) is 5.92 Å². The third-order valence-corrected chi connectivity index (χ3v) is 3.71. The summed E-state index contributed by atoms with van der Waals surface area (Å²) in [6.45, 7) is 4.26. The van der Waals surface area contributed by atoms with Crippen LogP contribution >= 0.6 is 0 Å². The van der Waals surface area contributed by atoms with Gasteiger partial charge in [0.15, 0.2) is 0 Å². The fraction of sp³-hybridized carbons (Fsp3) is 0.529. The summed E-state index contributed by atoms with van der Waals surface area (Å²) in [6.07, 6.45) is 2.59. The Morgan fingerprint density at radius 1 is 1.19 bits per heavy atom. The Bertz CT molecular complexity index is 445. The van der Waals surface area contributed by atoms with E-state index in [9.17, 15) is 9.59 Å². The van der Waals surface area contributed by atoms with Gasteiger partial charge in [-0.25, -0.2) is 0 Å². The second kappa shape index (κ2) is 9.16. The van der Waals surface area contributed by atoms with Crippen LogP contribution in [0.5, 0.6) is 0 Å². The highest BCUT2D eigenvalue weighted by Crippen LogP contribution is 2.19. The Balaban J connectivity index is 2.32. The maximum absolute atomic E-state index is 11.8. The van der Waals surface area contributed by atoms with Gasteiger partial charge in [0.05, 0.1) is 5.92 Å². The molecule has 1 aromatic rings. The molecule has 4 nitrogen and oxygen atoms in total. The summed E-state index contributed by atoms with van der Waals surface area (Å²) >= 11 is 0. The monoisotopic (exact) mass is 291 g/mol. The summed E-state index contributed by atoms with van der Waals surface area (Å²) < 4.78 is 0. The Hall–Kier alpha value is -1.84. The van der Waals surface area contributed by atoms with Gasteiger partial charge in [-0.3, -0.25) is 9.59 Å². The molecule has 0 aliphatic rings. The van der Waals surface area contributed by atoms with Crippen LogP contribution in [0, 0.1) is 5.92 Å². The van der Waals surface area contributed by atoms with Crippen LogP contribution in [0.3, 0.4) is 0 Å². The molecule has 1 rings (SSSR count).